The van der Waals surface area contributed by atoms with E-state index in [1.807, 2.05) is 60.7 Å². The maximum atomic E-state index is 12.4. The molecule has 2 aromatic carbocycles. The Bertz CT molecular complexity index is 944. The van der Waals surface area contributed by atoms with E-state index in [-0.39, 0.29) is 17.9 Å². The Morgan fingerprint density at radius 3 is 2.27 bits per heavy atom. The molecule has 0 fully saturated rings. The zero-order valence-electron chi connectivity index (χ0n) is 17.0. The molecule has 3 aromatic rings. The first-order valence-electron chi connectivity index (χ1n) is 9.93. The lowest BCUT2D eigenvalue weighted by Gasteiger charge is -2.18. The van der Waals surface area contributed by atoms with Crippen molar-refractivity contribution in [3.8, 4) is 0 Å². The van der Waals surface area contributed by atoms with Crippen molar-refractivity contribution in [3.63, 3.8) is 0 Å². The van der Waals surface area contributed by atoms with Crippen LogP contribution >= 0.6 is 0 Å². The Labute approximate surface area is 176 Å². The number of hydrogen-bond acceptors (Lipinski definition) is 3. The number of rotatable bonds is 8. The monoisotopic (exact) mass is 402 g/mol. The Hall–Kier alpha value is -3.67. The summed E-state index contributed by atoms with van der Waals surface area (Å²) in [6.07, 6.45) is 2.56. The average molecular weight is 402 g/mol. The van der Waals surface area contributed by atoms with E-state index in [1.165, 1.54) is 12.5 Å². The summed E-state index contributed by atoms with van der Waals surface area (Å²) in [4.78, 5) is 27.9. The minimum Gasteiger partial charge on any atom is -0.352 e. The smallest absolute Gasteiger partial charge is 0.319 e. The molecule has 6 heteroatoms. The van der Waals surface area contributed by atoms with Crippen molar-refractivity contribution in [2.45, 2.75) is 25.8 Å². The van der Waals surface area contributed by atoms with Gasteiger partial charge in [0.25, 0.3) is 0 Å². The van der Waals surface area contributed by atoms with E-state index < -0.39 is 0 Å². The highest BCUT2D eigenvalue weighted by Gasteiger charge is 2.15. The molecule has 0 bridgehead atoms. The third-order valence-electron chi connectivity index (χ3n) is 4.69. The molecule has 0 aliphatic rings. The molecule has 0 saturated carbocycles. The lowest BCUT2D eigenvalue weighted by atomic mass is 9.95. The van der Waals surface area contributed by atoms with Gasteiger partial charge in [0.05, 0.1) is 0 Å². The van der Waals surface area contributed by atoms with Crippen LogP contribution in [0.1, 0.15) is 29.7 Å². The summed E-state index contributed by atoms with van der Waals surface area (Å²) >= 11 is 0. The lowest BCUT2D eigenvalue weighted by molar-refractivity contribution is -0.119. The van der Waals surface area contributed by atoms with Crippen LogP contribution in [0.3, 0.4) is 0 Å². The summed E-state index contributed by atoms with van der Waals surface area (Å²) < 4.78 is 0. The van der Waals surface area contributed by atoms with Gasteiger partial charge in [0.1, 0.15) is 0 Å². The number of carbonyl (C=O) groups excluding carboxylic acids is 2. The molecule has 3 amide bonds. The molecule has 30 heavy (non-hydrogen) atoms. The molecular formula is C24H26N4O2. The molecular weight excluding hydrogens is 376 g/mol. The molecule has 0 spiro atoms. The second kappa shape index (κ2) is 10.8. The highest BCUT2D eigenvalue weighted by molar-refractivity contribution is 5.89. The third kappa shape index (κ3) is 6.74. The van der Waals surface area contributed by atoms with E-state index in [4.69, 9.17) is 0 Å². The molecule has 1 heterocycles. The SMILES string of the molecule is CC(=O)NCc1ccc(NC(=O)NCC(Cc2ccccc2)c2ccccn2)cc1. The highest BCUT2D eigenvalue weighted by Crippen LogP contribution is 2.18. The van der Waals surface area contributed by atoms with Gasteiger partial charge >= 0.3 is 6.03 Å². The third-order valence-corrected chi connectivity index (χ3v) is 4.69. The number of hydrogen-bond donors (Lipinski definition) is 3. The van der Waals surface area contributed by atoms with Gasteiger partial charge in [0.2, 0.25) is 5.91 Å². The van der Waals surface area contributed by atoms with Crippen molar-refractivity contribution < 1.29 is 9.59 Å². The molecule has 0 saturated heterocycles. The maximum absolute atomic E-state index is 12.4. The second-order valence-corrected chi connectivity index (χ2v) is 7.08. The molecule has 0 radical (unpaired) electrons. The summed E-state index contributed by atoms with van der Waals surface area (Å²) in [7, 11) is 0. The van der Waals surface area contributed by atoms with Gasteiger partial charge in [-0.1, -0.05) is 48.5 Å². The number of pyridine rings is 1. The number of amides is 3. The Morgan fingerprint density at radius 1 is 0.867 bits per heavy atom. The number of benzene rings is 2. The van der Waals surface area contributed by atoms with Crippen molar-refractivity contribution >= 4 is 17.6 Å². The van der Waals surface area contributed by atoms with Gasteiger partial charge in [-0.2, -0.15) is 0 Å². The first-order chi connectivity index (χ1) is 14.6. The fourth-order valence-electron chi connectivity index (χ4n) is 3.12. The summed E-state index contributed by atoms with van der Waals surface area (Å²) in [5.41, 5.74) is 3.81. The van der Waals surface area contributed by atoms with Crippen molar-refractivity contribution in [2.75, 3.05) is 11.9 Å². The van der Waals surface area contributed by atoms with E-state index >= 15 is 0 Å². The van der Waals surface area contributed by atoms with Crippen LogP contribution in [-0.2, 0) is 17.8 Å². The van der Waals surface area contributed by atoms with Gasteiger partial charge in [-0.25, -0.2) is 4.79 Å². The zero-order chi connectivity index (χ0) is 21.2. The summed E-state index contributed by atoms with van der Waals surface area (Å²) in [5.74, 6) is -0.00563. The summed E-state index contributed by atoms with van der Waals surface area (Å²) in [6, 6.07) is 23.1. The van der Waals surface area contributed by atoms with Crippen molar-refractivity contribution in [3.05, 3.63) is 95.8 Å². The first-order valence-corrected chi connectivity index (χ1v) is 9.93. The largest absolute Gasteiger partial charge is 0.352 e. The van der Waals surface area contributed by atoms with Crippen LogP contribution in [0, 0.1) is 0 Å². The van der Waals surface area contributed by atoms with Gasteiger partial charge in [-0.05, 0) is 41.8 Å². The van der Waals surface area contributed by atoms with Crippen LogP contribution in [-0.4, -0.2) is 23.5 Å². The molecule has 0 aliphatic carbocycles. The Morgan fingerprint density at radius 2 is 1.60 bits per heavy atom. The van der Waals surface area contributed by atoms with Crippen LogP contribution in [0.25, 0.3) is 0 Å². The standard InChI is InChI=1S/C24H26N4O2/c1-18(29)26-16-20-10-12-22(13-11-20)28-24(30)27-17-21(23-9-5-6-14-25-23)15-19-7-3-2-4-8-19/h2-14,21H,15-17H2,1H3,(H,26,29)(H2,27,28,30). The van der Waals surface area contributed by atoms with Crippen LogP contribution in [0.15, 0.2) is 79.0 Å². The number of nitrogens with zero attached hydrogens (tertiary/aromatic N) is 1. The second-order valence-electron chi connectivity index (χ2n) is 7.08. The number of carbonyl (C=O) groups is 2. The quantitative estimate of drug-likeness (QED) is 0.535. The number of urea groups is 1. The maximum Gasteiger partial charge on any atom is 0.319 e. The molecule has 6 nitrogen and oxygen atoms in total. The molecule has 1 unspecified atom stereocenters. The topological polar surface area (TPSA) is 83.1 Å². The highest BCUT2D eigenvalue weighted by atomic mass is 16.2. The van der Waals surface area contributed by atoms with Crippen LogP contribution in [0.4, 0.5) is 10.5 Å². The lowest BCUT2D eigenvalue weighted by Crippen LogP contribution is -2.33. The number of aromatic nitrogens is 1. The Balaban J connectivity index is 1.57. The normalized spacial score (nSPS) is 11.4. The van der Waals surface area contributed by atoms with Crippen molar-refractivity contribution in [2.24, 2.45) is 0 Å². The van der Waals surface area contributed by atoms with E-state index in [0.29, 0.717) is 18.8 Å². The van der Waals surface area contributed by atoms with E-state index in [1.54, 1.807) is 6.20 Å². The summed E-state index contributed by atoms with van der Waals surface area (Å²) in [6.45, 7) is 2.42. The van der Waals surface area contributed by atoms with Crippen LogP contribution < -0.4 is 16.0 Å². The zero-order valence-corrected chi connectivity index (χ0v) is 17.0. The fourth-order valence-corrected chi connectivity index (χ4v) is 3.12. The molecule has 1 atom stereocenters. The Kier molecular flexibility index (Phi) is 7.55. The van der Waals surface area contributed by atoms with E-state index in [0.717, 1.165) is 17.7 Å². The average Bonchev–Trinajstić information content (AvgIpc) is 2.77. The molecule has 154 valence electrons. The van der Waals surface area contributed by atoms with Gasteiger partial charge in [0.15, 0.2) is 0 Å². The predicted molar refractivity (Wildman–Crippen MR) is 118 cm³/mol. The van der Waals surface area contributed by atoms with E-state index in [2.05, 4.69) is 33.1 Å². The van der Waals surface area contributed by atoms with Gasteiger partial charge in [-0.3, -0.25) is 9.78 Å². The van der Waals surface area contributed by atoms with Gasteiger partial charge in [-0.15, -0.1) is 0 Å². The molecule has 3 N–H and O–H groups in total. The first kappa shape index (κ1) is 21.0. The van der Waals surface area contributed by atoms with Crippen molar-refractivity contribution in [1.29, 1.82) is 0 Å². The molecule has 1 aromatic heterocycles. The predicted octanol–water partition coefficient (Wildman–Crippen LogP) is 3.87. The van der Waals surface area contributed by atoms with Gasteiger partial charge in [0, 0.05) is 43.5 Å². The number of anilines is 1. The van der Waals surface area contributed by atoms with Crippen LogP contribution in [0.5, 0.6) is 0 Å². The van der Waals surface area contributed by atoms with Gasteiger partial charge < -0.3 is 16.0 Å². The molecule has 0 aliphatic heterocycles. The van der Waals surface area contributed by atoms with Crippen molar-refractivity contribution in [1.82, 2.24) is 15.6 Å². The molecule has 3 rings (SSSR count). The van der Waals surface area contributed by atoms with E-state index in [9.17, 15) is 9.59 Å². The fraction of sp³-hybridized carbons (Fsp3) is 0.208. The summed E-state index contributed by atoms with van der Waals surface area (Å²) in [5, 5.41) is 8.55. The van der Waals surface area contributed by atoms with Crippen LogP contribution in [0.2, 0.25) is 0 Å². The minimum absolute atomic E-state index is 0.0689. The number of nitrogens with one attached hydrogen (secondary N) is 3. The minimum atomic E-state index is -0.265.